The molecular formula is C23H25ClFN3O2. The summed E-state index contributed by atoms with van der Waals surface area (Å²) < 4.78 is 21.1. The maximum Gasteiger partial charge on any atom is 0.310 e. The minimum absolute atomic E-state index is 0.225. The molecule has 3 rings (SSSR count). The molecule has 0 fully saturated rings. The van der Waals surface area contributed by atoms with Crippen molar-refractivity contribution in [1.82, 2.24) is 9.55 Å². The molecule has 0 radical (unpaired) electrons. The smallest absolute Gasteiger partial charge is 0.310 e. The van der Waals surface area contributed by atoms with Gasteiger partial charge in [-0.15, -0.1) is 0 Å². The minimum atomic E-state index is -0.353. The number of nitrogens with zero attached hydrogens (tertiary/aromatic N) is 2. The van der Waals surface area contributed by atoms with Crippen molar-refractivity contribution in [3.63, 3.8) is 0 Å². The number of hydrogen-bond donors (Lipinski definition) is 1. The number of halogens is 2. The van der Waals surface area contributed by atoms with Crippen molar-refractivity contribution in [3.05, 3.63) is 77.6 Å². The SMILES string of the molecule is CCOC(=O)[C@@H](C[C@H](N)Cc1ccc(-c2cc(Cl)ccc2F)cc1)Cn1ccnc1. The molecule has 2 aromatic carbocycles. The molecular weight excluding hydrogens is 405 g/mol. The Labute approximate surface area is 180 Å². The van der Waals surface area contributed by atoms with Crippen LogP contribution in [0.3, 0.4) is 0 Å². The van der Waals surface area contributed by atoms with Crippen LogP contribution in [0.2, 0.25) is 5.02 Å². The maximum absolute atomic E-state index is 14.1. The number of hydrogen-bond acceptors (Lipinski definition) is 4. The van der Waals surface area contributed by atoms with Gasteiger partial charge in [0.05, 0.1) is 18.9 Å². The summed E-state index contributed by atoms with van der Waals surface area (Å²) in [4.78, 5) is 16.4. The average Bonchev–Trinajstić information content (AvgIpc) is 3.23. The Morgan fingerprint density at radius 3 is 2.70 bits per heavy atom. The van der Waals surface area contributed by atoms with Crippen LogP contribution in [0.15, 0.2) is 61.2 Å². The third kappa shape index (κ3) is 5.90. The number of aromatic nitrogens is 2. The predicted molar refractivity (Wildman–Crippen MR) is 115 cm³/mol. The number of imidazole rings is 1. The highest BCUT2D eigenvalue weighted by Crippen LogP contribution is 2.26. The molecule has 0 bridgehead atoms. The van der Waals surface area contributed by atoms with E-state index < -0.39 is 0 Å². The summed E-state index contributed by atoms with van der Waals surface area (Å²) in [5.41, 5.74) is 8.57. The molecule has 0 spiro atoms. The van der Waals surface area contributed by atoms with Gasteiger partial charge in [-0.05, 0) is 49.1 Å². The largest absolute Gasteiger partial charge is 0.466 e. The first-order chi connectivity index (χ1) is 14.5. The van der Waals surface area contributed by atoms with E-state index in [0.29, 0.717) is 36.6 Å². The molecule has 0 aliphatic heterocycles. The molecule has 2 N–H and O–H groups in total. The summed E-state index contributed by atoms with van der Waals surface area (Å²) in [5, 5.41) is 0.486. The summed E-state index contributed by atoms with van der Waals surface area (Å²) in [7, 11) is 0. The Morgan fingerprint density at radius 2 is 2.03 bits per heavy atom. The number of esters is 1. The predicted octanol–water partition coefficient (Wildman–Crippen LogP) is 4.48. The van der Waals surface area contributed by atoms with Gasteiger partial charge in [0.2, 0.25) is 0 Å². The molecule has 0 amide bonds. The molecule has 30 heavy (non-hydrogen) atoms. The van der Waals surface area contributed by atoms with Gasteiger partial charge in [-0.1, -0.05) is 35.9 Å². The maximum atomic E-state index is 14.1. The number of rotatable bonds is 9. The van der Waals surface area contributed by atoms with Gasteiger partial charge in [-0.2, -0.15) is 0 Å². The summed E-state index contributed by atoms with van der Waals surface area (Å²) >= 11 is 5.99. The van der Waals surface area contributed by atoms with Crippen LogP contribution in [-0.2, 0) is 22.5 Å². The van der Waals surface area contributed by atoms with E-state index >= 15 is 0 Å². The molecule has 0 saturated carbocycles. The zero-order chi connectivity index (χ0) is 21.5. The molecule has 3 aromatic rings. The summed E-state index contributed by atoms with van der Waals surface area (Å²) in [6.45, 7) is 2.59. The van der Waals surface area contributed by atoms with E-state index in [4.69, 9.17) is 22.1 Å². The van der Waals surface area contributed by atoms with Gasteiger partial charge in [0.15, 0.2) is 0 Å². The molecule has 1 aromatic heterocycles. The minimum Gasteiger partial charge on any atom is -0.466 e. The molecule has 0 unspecified atom stereocenters. The molecule has 0 aliphatic carbocycles. The topological polar surface area (TPSA) is 70.1 Å². The summed E-state index contributed by atoms with van der Waals surface area (Å²) in [6.07, 6.45) is 6.24. The fourth-order valence-corrected chi connectivity index (χ4v) is 3.62. The van der Waals surface area contributed by atoms with E-state index in [2.05, 4.69) is 4.98 Å². The highest BCUT2D eigenvalue weighted by atomic mass is 35.5. The summed E-state index contributed by atoms with van der Waals surface area (Å²) in [6, 6.07) is 11.8. The number of benzene rings is 2. The van der Waals surface area contributed by atoms with Gasteiger partial charge in [0, 0.05) is 35.6 Å². The van der Waals surface area contributed by atoms with Crippen LogP contribution in [-0.4, -0.2) is 28.2 Å². The van der Waals surface area contributed by atoms with Crippen molar-refractivity contribution in [2.45, 2.75) is 32.4 Å². The number of carbonyl (C=O) groups excluding carboxylic acids is 1. The van der Waals surface area contributed by atoms with E-state index in [0.717, 1.165) is 11.1 Å². The van der Waals surface area contributed by atoms with Gasteiger partial charge < -0.3 is 15.0 Å². The van der Waals surface area contributed by atoms with Crippen LogP contribution >= 0.6 is 11.6 Å². The Balaban J connectivity index is 1.65. The van der Waals surface area contributed by atoms with Crippen LogP contribution < -0.4 is 5.73 Å². The number of nitrogens with two attached hydrogens (primary N) is 1. The lowest BCUT2D eigenvalue weighted by molar-refractivity contribution is -0.149. The van der Waals surface area contributed by atoms with E-state index in [9.17, 15) is 9.18 Å². The van der Waals surface area contributed by atoms with Crippen molar-refractivity contribution in [1.29, 1.82) is 0 Å². The Morgan fingerprint density at radius 1 is 1.27 bits per heavy atom. The first kappa shape index (κ1) is 22.0. The fraction of sp³-hybridized carbons (Fsp3) is 0.304. The van der Waals surface area contributed by atoms with Crippen molar-refractivity contribution in [3.8, 4) is 11.1 Å². The number of ether oxygens (including phenoxy) is 1. The van der Waals surface area contributed by atoms with Gasteiger partial charge in [0.1, 0.15) is 5.82 Å². The van der Waals surface area contributed by atoms with Gasteiger partial charge >= 0.3 is 5.97 Å². The zero-order valence-electron chi connectivity index (χ0n) is 16.8. The standard InChI is InChI=1S/C23H25ClFN3O2/c1-2-30-23(29)18(14-28-10-9-27-15-28)12-20(26)11-16-3-5-17(6-4-16)21-13-19(24)7-8-22(21)25/h3-10,13,15,18,20H,2,11-12,14,26H2,1H3/t18-,20+/m0/s1. The van der Waals surface area contributed by atoms with E-state index in [1.54, 1.807) is 25.5 Å². The average molecular weight is 430 g/mol. The first-order valence-corrected chi connectivity index (χ1v) is 10.3. The van der Waals surface area contributed by atoms with Crippen molar-refractivity contribution < 1.29 is 13.9 Å². The summed E-state index contributed by atoms with van der Waals surface area (Å²) in [5.74, 6) is -0.928. The second-order valence-electron chi connectivity index (χ2n) is 7.23. The van der Waals surface area contributed by atoms with E-state index in [1.807, 2.05) is 35.0 Å². The Hall–Kier alpha value is -2.70. The van der Waals surface area contributed by atoms with Crippen molar-refractivity contribution in [2.24, 2.45) is 11.7 Å². The zero-order valence-corrected chi connectivity index (χ0v) is 17.6. The highest BCUT2D eigenvalue weighted by Gasteiger charge is 2.23. The van der Waals surface area contributed by atoms with Crippen LogP contribution in [0.25, 0.3) is 11.1 Å². The Bertz CT molecular complexity index is 961. The van der Waals surface area contributed by atoms with Crippen LogP contribution in [0.5, 0.6) is 0 Å². The van der Waals surface area contributed by atoms with Crippen LogP contribution in [0.1, 0.15) is 18.9 Å². The van der Waals surface area contributed by atoms with E-state index in [-0.39, 0.29) is 23.7 Å². The lowest BCUT2D eigenvalue weighted by Crippen LogP contribution is -2.32. The molecule has 1 heterocycles. The van der Waals surface area contributed by atoms with Crippen LogP contribution in [0.4, 0.5) is 4.39 Å². The lowest BCUT2D eigenvalue weighted by Gasteiger charge is -2.20. The second kappa shape index (κ2) is 10.4. The van der Waals surface area contributed by atoms with Gasteiger partial charge in [0.25, 0.3) is 0 Å². The van der Waals surface area contributed by atoms with Crippen molar-refractivity contribution in [2.75, 3.05) is 6.61 Å². The normalized spacial score (nSPS) is 13.1. The number of carbonyl (C=O) groups is 1. The Kier molecular flexibility index (Phi) is 7.60. The molecule has 7 heteroatoms. The molecule has 0 saturated heterocycles. The molecule has 2 atom stereocenters. The second-order valence-corrected chi connectivity index (χ2v) is 7.67. The molecule has 158 valence electrons. The van der Waals surface area contributed by atoms with Crippen LogP contribution in [0, 0.1) is 11.7 Å². The fourth-order valence-electron chi connectivity index (χ4n) is 3.45. The highest BCUT2D eigenvalue weighted by molar-refractivity contribution is 6.30. The lowest BCUT2D eigenvalue weighted by atomic mass is 9.94. The van der Waals surface area contributed by atoms with E-state index in [1.165, 1.54) is 12.1 Å². The molecule has 0 aliphatic rings. The quantitative estimate of drug-likeness (QED) is 0.509. The molecule has 5 nitrogen and oxygen atoms in total. The van der Waals surface area contributed by atoms with Gasteiger partial charge in [-0.3, -0.25) is 4.79 Å². The van der Waals surface area contributed by atoms with Crippen molar-refractivity contribution >= 4 is 17.6 Å². The third-order valence-electron chi connectivity index (χ3n) is 4.89. The monoisotopic (exact) mass is 429 g/mol. The van der Waals surface area contributed by atoms with Gasteiger partial charge in [-0.25, -0.2) is 9.37 Å². The third-order valence-corrected chi connectivity index (χ3v) is 5.12. The first-order valence-electron chi connectivity index (χ1n) is 9.88.